The lowest BCUT2D eigenvalue weighted by molar-refractivity contribution is 0.354. The first-order chi connectivity index (χ1) is 8.62. The number of rotatable bonds is 7. The van der Waals surface area contributed by atoms with Crippen LogP contribution in [0.15, 0.2) is 12.1 Å². The molecule has 1 atom stereocenters. The highest BCUT2D eigenvalue weighted by atomic mass is 16.5. The van der Waals surface area contributed by atoms with Gasteiger partial charge in [-0.25, -0.2) is 0 Å². The van der Waals surface area contributed by atoms with Crippen molar-refractivity contribution in [3.63, 3.8) is 0 Å². The van der Waals surface area contributed by atoms with Crippen LogP contribution in [0.2, 0.25) is 0 Å². The number of benzene rings is 1. The summed E-state index contributed by atoms with van der Waals surface area (Å²) in [6.45, 7) is 5.14. The van der Waals surface area contributed by atoms with E-state index in [1.54, 1.807) is 14.2 Å². The molecule has 0 aliphatic carbocycles. The van der Waals surface area contributed by atoms with Crippen LogP contribution in [-0.4, -0.2) is 20.8 Å². The van der Waals surface area contributed by atoms with E-state index in [-0.39, 0.29) is 0 Å². The molecule has 1 aromatic rings. The van der Waals surface area contributed by atoms with Crippen LogP contribution in [-0.2, 0) is 6.42 Å². The molecule has 0 bridgehead atoms. The van der Waals surface area contributed by atoms with Gasteiger partial charge in [-0.2, -0.15) is 0 Å². The number of hydrogen-bond acceptors (Lipinski definition) is 3. The lowest BCUT2D eigenvalue weighted by Crippen LogP contribution is -2.07. The minimum absolute atomic E-state index is 0.669. The van der Waals surface area contributed by atoms with Crippen LogP contribution < -0.4 is 15.2 Å². The van der Waals surface area contributed by atoms with E-state index in [9.17, 15) is 0 Å². The Kier molecular flexibility index (Phi) is 5.99. The molecule has 1 aromatic carbocycles. The van der Waals surface area contributed by atoms with Crippen LogP contribution in [0.4, 0.5) is 0 Å². The van der Waals surface area contributed by atoms with Crippen molar-refractivity contribution in [2.45, 2.75) is 33.1 Å². The largest absolute Gasteiger partial charge is 0.493 e. The first kappa shape index (κ1) is 14.8. The molecule has 18 heavy (non-hydrogen) atoms. The first-order valence-corrected chi connectivity index (χ1v) is 6.54. The monoisotopic (exact) mass is 251 g/mol. The molecule has 0 fully saturated rings. The van der Waals surface area contributed by atoms with Gasteiger partial charge in [0.05, 0.1) is 14.2 Å². The summed E-state index contributed by atoms with van der Waals surface area (Å²) in [6.07, 6.45) is 3.31. The van der Waals surface area contributed by atoms with E-state index in [2.05, 4.69) is 19.9 Å². The van der Waals surface area contributed by atoms with Gasteiger partial charge in [-0.15, -0.1) is 0 Å². The summed E-state index contributed by atoms with van der Waals surface area (Å²) < 4.78 is 10.6. The highest BCUT2D eigenvalue weighted by molar-refractivity contribution is 5.47. The predicted octanol–water partition coefficient (Wildman–Crippen LogP) is 2.93. The van der Waals surface area contributed by atoms with Gasteiger partial charge in [0.2, 0.25) is 0 Å². The fraction of sp³-hybridized carbons (Fsp3) is 0.600. The van der Waals surface area contributed by atoms with Crippen molar-refractivity contribution in [2.75, 3.05) is 20.8 Å². The van der Waals surface area contributed by atoms with Gasteiger partial charge >= 0.3 is 0 Å². The summed E-state index contributed by atoms with van der Waals surface area (Å²) in [5.74, 6) is 2.28. The third-order valence-corrected chi connectivity index (χ3v) is 3.41. The predicted molar refractivity (Wildman–Crippen MR) is 75.4 cm³/mol. The van der Waals surface area contributed by atoms with Crippen molar-refractivity contribution in [1.82, 2.24) is 0 Å². The minimum Gasteiger partial charge on any atom is -0.493 e. The molecule has 0 radical (unpaired) electrons. The van der Waals surface area contributed by atoms with E-state index in [1.165, 1.54) is 11.1 Å². The fourth-order valence-electron chi connectivity index (χ4n) is 2.12. The molecule has 2 N–H and O–H groups in total. The average molecular weight is 251 g/mol. The van der Waals surface area contributed by atoms with Crippen LogP contribution in [0, 0.1) is 12.8 Å². The molecule has 3 nitrogen and oxygen atoms in total. The molecule has 102 valence electrons. The topological polar surface area (TPSA) is 44.5 Å². The van der Waals surface area contributed by atoms with Crippen molar-refractivity contribution < 1.29 is 9.47 Å². The highest BCUT2D eigenvalue weighted by Crippen LogP contribution is 2.31. The molecule has 3 heteroatoms. The van der Waals surface area contributed by atoms with Crippen LogP contribution in [0.25, 0.3) is 0 Å². The number of aryl methyl sites for hydroxylation is 2. The minimum atomic E-state index is 0.669. The van der Waals surface area contributed by atoms with E-state index >= 15 is 0 Å². The summed E-state index contributed by atoms with van der Waals surface area (Å²) in [5, 5.41) is 0. The van der Waals surface area contributed by atoms with Gasteiger partial charge in [0, 0.05) is 0 Å². The van der Waals surface area contributed by atoms with Gasteiger partial charge < -0.3 is 15.2 Å². The Morgan fingerprint density at radius 3 is 2.28 bits per heavy atom. The second-order valence-electron chi connectivity index (χ2n) is 4.85. The maximum Gasteiger partial charge on any atom is 0.161 e. The number of ether oxygens (including phenoxy) is 2. The van der Waals surface area contributed by atoms with Crippen molar-refractivity contribution in [1.29, 1.82) is 0 Å². The van der Waals surface area contributed by atoms with E-state index < -0.39 is 0 Å². The average Bonchev–Trinajstić information content (AvgIpc) is 2.37. The number of methoxy groups -OCH3 is 2. The molecule has 0 aromatic heterocycles. The summed E-state index contributed by atoms with van der Waals surface area (Å²) in [7, 11) is 3.34. The van der Waals surface area contributed by atoms with E-state index in [0.717, 1.165) is 37.3 Å². The van der Waals surface area contributed by atoms with Crippen molar-refractivity contribution in [2.24, 2.45) is 11.7 Å². The third kappa shape index (κ3) is 3.91. The molecule has 1 unspecified atom stereocenters. The van der Waals surface area contributed by atoms with Crippen LogP contribution in [0.5, 0.6) is 11.5 Å². The molecule has 0 saturated heterocycles. The Balaban J connectivity index is 2.76. The molecule has 0 aliphatic heterocycles. The Morgan fingerprint density at radius 1 is 1.11 bits per heavy atom. The summed E-state index contributed by atoms with van der Waals surface area (Å²) in [6, 6.07) is 4.13. The van der Waals surface area contributed by atoms with Gasteiger partial charge in [0.15, 0.2) is 11.5 Å². The van der Waals surface area contributed by atoms with Crippen LogP contribution >= 0.6 is 0 Å². The second kappa shape index (κ2) is 7.27. The van der Waals surface area contributed by atoms with Gasteiger partial charge in [0.1, 0.15) is 0 Å². The molecule has 0 spiro atoms. The number of nitrogens with two attached hydrogens (primary N) is 1. The fourth-order valence-corrected chi connectivity index (χ4v) is 2.12. The quantitative estimate of drug-likeness (QED) is 0.810. The standard InChI is InChI=1S/C15H25NO2/c1-11(7-8-16)5-6-13-10-15(18-4)14(17-3)9-12(13)2/h9-11H,5-8,16H2,1-4H3. The molecule has 0 heterocycles. The van der Waals surface area contributed by atoms with E-state index in [0.29, 0.717) is 5.92 Å². The molecular formula is C15H25NO2. The third-order valence-electron chi connectivity index (χ3n) is 3.41. The van der Waals surface area contributed by atoms with Crippen LogP contribution in [0.1, 0.15) is 30.9 Å². The number of hydrogen-bond donors (Lipinski definition) is 1. The normalized spacial score (nSPS) is 12.3. The summed E-state index contributed by atoms with van der Waals surface area (Å²) >= 11 is 0. The highest BCUT2D eigenvalue weighted by Gasteiger charge is 2.09. The van der Waals surface area contributed by atoms with Crippen molar-refractivity contribution in [3.05, 3.63) is 23.3 Å². The van der Waals surface area contributed by atoms with E-state index in [4.69, 9.17) is 15.2 Å². The molecule has 0 saturated carbocycles. The molecule has 0 aliphatic rings. The summed E-state index contributed by atoms with van der Waals surface area (Å²) in [5.41, 5.74) is 8.16. The van der Waals surface area contributed by atoms with Gasteiger partial charge in [-0.05, 0) is 61.9 Å². The lowest BCUT2D eigenvalue weighted by atomic mass is 9.95. The lowest BCUT2D eigenvalue weighted by Gasteiger charge is -2.14. The molecular weight excluding hydrogens is 226 g/mol. The zero-order valence-corrected chi connectivity index (χ0v) is 12.0. The van der Waals surface area contributed by atoms with Crippen LogP contribution in [0.3, 0.4) is 0 Å². The molecule has 1 rings (SSSR count). The molecule has 0 amide bonds. The zero-order chi connectivity index (χ0) is 13.5. The maximum absolute atomic E-state index is 5.58. The second-order valence-corrected chi connectivity index (χ2v) is 4.85. The van der Waals surface area contributed by atoms with Gasteiger partial charge in [0.25, 0.3) is 0 Å². The SMILES string of the molecule is COc1cc(C)c(CCC(C)CCN)cc1OC. The smallest absolute Gasteiger partial charge is 0.161 e. The van der Waals surface area contributed by atoms with Gasteiger partial charge in [-0.1, -0.05) is 6.92 Å². The Bertz CT molecular complexity index is 377. The van der Waals surface area contributed by atoms with Gasteiger partial charge in [-0.3, -0.25) is 0 Å². The zero-order valence-electron chi connectivity index (χ0n) is 12.0. The maximum atomic E-state index is 5.58. The van der Waals surface area contributed by atoms with Crippen molar-refractivity contribution in [3.8, 4) is 11.5 Å². The van der Waals surface area contributed by atoms with Crippen molar-refractivity contribution >= 4 is 0 Å². The van der Waals surface area contributed by atoms with E-state index in [1.807, 2.05) is 6.07 Å². The Morgan fingerprint density at radius 2 is 1.72 bits per heavy atom. The summed E-state index contributed by atoms with van der Waals surface area (Å²) in [4.78, 5) is 0. The Labute approximate surface area is 110 Å². The first-order valence-electron chi connectivity index (χ1n) is 6.54. The Hall–Kier alpha value is -1.22.